The van der Waals surface area contributed by atoms with Crippen molar-refractivity contribution < 1.29 is 9.53 Å². The lowest BCUT2D eigenvalue weighted by molar-refractivity contribution is 0.215. The van der Waals surface area contributed by atoms with Gasteiger partial charge in [-0.1, -0.05) is 0 Å². The predicted octanol–water partition coefficient (Wildman–Crippen LogP) is 2.99. The predicted molar refractivity (Wildman–Crippen MR) is 99.7 cm³/mol. The molecule has 0 aromatic carbocycles. The Kier molecular flexibility index (Phi) is 5.70. The number of urea groups is 1. The highest BCUT2D eigenvalue weighted by Crippen LogP contribution is 2.20. The third-order valence-electron chi connectivity index (χ3n) is 4.07. The molecule has 0 unspecified atom stereocenters. The molecule has 1 N–H and O–H groups in total. The van der Waals surface area contributed by atoms with Crippen molar-refractivity contribution in [3.8, 4) is 5.88 Å². The van der Waals surface area contributed by atoms with E-state index in [1.807, 2.05) is 29.5 Å². The summed E-state index contributed by atoms with van der Waals surface area (Å²) in [6.45, 7) is 7.38. The van der Waals surface area contributed by atoms with E-state index in [4.69, 9.17) is 4.74 Å². The number of aromatic nitrogens is 2. The fraction of sp³-hybridized carbons (Fsp3) is 0.471. The van der Waals surface area contributed by atoms with Gasteiger partial charge in [0.15, 0.2) is 0 Å². The molecule has 2 aromatic rings. The normalized spacial score (nSPS) is 15.0. The van der Waals surface area contributed by atoms with Gasteiger partial charge in [-0.3, -0.25) is 0 Å². The first kappa shape index (κ1) is 17.5. The number of rotatable bonds is 4. The van der Waals surface area contributed by atoms with E-state index in [0.29, 0.717) is 31.5 Å². The number of carbonyl (C=O) groups excluding carboxylic acids is 1. The lowest BCUT2D eigenvalue weighted by Crippen LogP contribution is -2.38. The Bertz CT molecular complexity index is 721. The van der Waals surface area contributed by atoms with E-state index in [9.17, 15) is 4.79 Å². The fourth-order valence-electron chi connectivity index (χ4n) is 2.72. The van der Waals surface area contributed by atoms with E-state index in [2.05, 4.69) is 20.2 Å². The van der Waals surface area contributed by atoms with E-state index < -0.39 is 0 Å². The van der Waals surface area contributed by atoms with Crippen molar-refractivity contribution in [3.05, 3.63) is 28.6 Å². The molecule has 2 aromatic heterocycles. The molecule has 3 heterocycles. The van der Waals surface area contributed by atoms with Crippen LogP contribution in [-0.4, -0.2) is 53.7 Å². The lowest BCUT2D eigenvalue weighted by Gasteiger charge is -2.22. The summed E-state index contributed by atoms with van der Waals surface area (Å²) >= 11 is 1.59. The molecule has 8 heteroatoms. The Hall–Kier alpha value is -2.35. The molecule has 3 rings (SSSR count). The maximum absolute atomic E-state index is 12.5. The summed E-state index contributed by atoms with van der Waals surface area (Å²) in [5.74, 6) is 1.24. The van der Waals surface area contributed by atoms with Crippen LogP contribution in [0.4, 0.5) is 16.4 Å². The van der Waals surface area contributed by atoms with Crippen LogP contribution in [0.15, 0.2) is 23.0 Å². The molecule has 1 fully saturated rings. The number of anilines is 2. The number of nitrogens with one attached hydrogen (secondary N) is 1. The molecule has 134 valence electrons. The lowest BCUT2D eigenvalue weighted by atomic mass is 10.3. The van der Waals surface area contributed by atoms with E-state index >= 15 is 0 Å². The quantitative estimate of drug-likeness (QED) is 0.906. The number of ether oxygens (including phenoxy) is 1. The van der Waals surface area contributed by atoms with Crippen molar-refractivity contribution >= 4 is 29.0 Å². The maximum Gasteiger partial charge on any atom is 0.321 e. The second-order valence-corrected chi connectivity index (χ2v) is 6.60. The second kappa shape index (κ2) is 8.15. The molecule has 1 aliphatic heterocycles. The molecule has 7 nitrogen and oxygen atoms in total. The van der Waals surface area contributed by atoms with E-state index in [-0.39, 0.29) is 6.03 Å². The van der Waals surface area contributed by atoms with Gasteiger partial charge in [0, 0.05) is 43.8 Å². The Morgan fingerprint density at radius 3 is 2.96 bits per heavy atom. The molecule has 0 radical (unpaired) electrons. The summed E-state index contributed by atoms with van der Waals surface area (Å²) in [6, 6.07) is 1.71. The van der Waals surface area contributed by atoms with Crippen LogP contribution in [0.2, 0.25) is 0 Å². The Balaban J connectivity index is 1.61. The van der Waals surface area contributed by atoms with Gasteiger partial charge in [-0.25, -0.2) is 9.78 Å². The Labute approximate surface area is 151 Å². The summed E-state index contributed by atoms with van der Waals surface area (Å²) in [6.07, 6.45) is 2.58. The first-order valence-corrected chi connectivity index (χ1v) is 9.41. The van der Waals surface area contributed by atoms with Crippen LogP contribution in [0.3, 0.4) is 0 Å². The number of hydrogen-bond acceptors (Lipinski definition) is 6. The van der Waals surface area contributed by atoms with Crippen molar-refractivity contribution in [3.63, 3.8) is 0 Å². The SMILES string of the molecule is CCOc1ccnc(N2CCCN(C(=O)Nc3cscc3C)CC2)n1. The average molecular weight is 361 g/mol. The molecule has 0 bridgehead atoms. The topological polar surface area (TPSA) is 70.6 Å². The zero-order chi connectivity index (χ0) is 17.6. The van der Waals surface area contributed by atoms with Crippen molar-refractivity contribution in [1.29, 1.82) is 0 Å². The van der Waals surface area contributed by atoms with Crippen molar-refractivity contribution in [2.24, 2.45) is 0 Å². The van der Waals surface area contributed by atoms with Crippen LogP contribution in [0, 0.1) is 6.92 Å². The van der Waals surface area contributed by atoms with Crippen LogP contribution in [0.5, 0.6) is 5.88 Å². The number of hydrogen-bond donors (Lipinski definition) is 1. The van der Waals surface area contributed by atoms with Gasteiger partial charge in [-0.15, -0.1) is 11.3 Å². The minimum Gasteiger partial charge on any atom is -0.478 e. The summed E-state index contributed by atoms with van der Waals surface area (Å²) in [4.78, 5) is 25.2. The Morgan fingerprint density at radius 1 is 1.32 bits per heavy atom. The van der Waals surface area contributed by atoms with Crippen molar-refractivity contribution in [1.82, 2.24) is 14.9 Å². The highest BCUT2D eigenvalue weighted by molar-refractivity contribution is 7.08. The van der Waals surface area contributed by atoms with Crippen LogP contribution < -0.4 is 15.0 Å². The molecule has 0 aliphatic carbocycles. The van der Waals surface area contributed by atoms with Gasteiger partial charge >= 0.3 is 6.03 Å². The van der Waals surface area contributed by atoms with Gasteiger partial charge in [0.2, 0.25) is 11.8 Å². The van der Waals surface area contributed by atoms with Gasteiger partial charge in [0.25, 0.3) is 0 Å². The van der Waals surface area contributed by atoms with Crippen LogP contribution in [0.1, 0.15) is 18.9 Å². The van der Waals surface area contributed by atoms with Crippen LogP contribution in [0.25, 0.3) is 0 Å². The number of amides is 2. The highest BCUT2D eigenvalue weighted by Gasteiger charge is 2.21. The molecular weight excluding hydrogens is 338 g/mol. The number of thiophene rings is 1. The van der Waals surface area contributed by atoms with Gasteiger partial charge in [-0.05, 0) is 31.2 Å². The third kappa shape index (κ3) is 4.39. The fourth-order valence-corrected chi connectivity index (χ4v) is 3.50. The zero-order valence-electron chi connectivity index (χ0n) is 14.6. The summed E-state index contributed by atoms with van der Waals surface area (Å²) in [7, 11) is 0. The van der Waals surface area contributed by atoms with E-state index in [1.54, 1.807) is 23.6 Å². The molecule has 1 aliphatic rings. The average Bonchev–Trinajstić information content (AvgIpc) is 2.87. The van der Waals surface area contributed by atoms with Gasteiger partial charge in [-0.2, -0.15) is 4.98 Å². The van der Waals surface area contributed by atoms with E-state index in [0.717, 1.165) is 30.8 Å². The number of nitrogens with zero attached hydrogens (tertiary/aromatic N) is 4. The minimum atomic E-state index is -0.0488. The van der Waals surface area contributed by atoms with Crippen molar-refractivity contribution in [2.75, 3.05) is 43.0 Å². The van der Waals surface area contributed by atoms with Gasteiger partial charge in [0.1, 0.15) is 0 Å². The van der Waals surface area contributed by atoms with E-state index in [1.165, 1.54) is 0 Å². The molecular formula is C17H23N5O2S. The first-order chi connectivity index (χ1) is 12.2. The van der Waals surface area contributed by atoms with Gasteiger partial charge < -0.3 is 19.9 Å². The third-order valence-corrected chi connectivity index (χ3v) is 4.93. The first-order valence-electron chi connectivity index (χ1n) is 8.47. The second-order valence-electron chi connectivity index (χ2n) is 5.85. The van der Waals surface area contributed by atoms with Crippen LogP contribution in [-0.2, 0) is 0 Å². The zero-order valence-corrected chi connectivity index (χ0v) is 15.4. The minimum absolute atomic E-state index is 0.0488. The number of carbonyl (C=O) groups is 1. The van der Waals surface area contributed by atoms with Crippen molar-refractivity contribution in [2.45, 2.75) is 20.3 Å². The largest absolute Gasteiger partial charge is 0.478 e. The Morgan fingerprint density at radius 2 is 2.20 bits per heavy atom. The molecule has 1 saturated heterocycles. The highest BCUT2D eigenvalue weighted by atomic mass is 32.1. The number of aryl methyl sites for hydroxylation is 1. The summed E-state index contributed by atoms with van der Waals surface area (Å²) < 4.78 is 5.45. The monoisotopic (exact) mass is 361 g/mol. The molecule has 0 atom stereocenters. The maximum atomic E-state index is 12.5. The van der Waals surface area contributed by atoms with Crippen LogP contribution >= 0.6 is 11.3 Å². The smallest absolute Gasteiger partial charge is 0.321 e. The summed E-state index contributed by atoms with van der Waals surface area (Å²) in [5.41, 5.74) is 1.99. The molecule has 0 saturated carbocycles. The molecule has 2 amide bonds. The standard InChI is InChI=1S/C17H23N5O2S/c1-3-24-15-5-6-18-16(20-15)21-7-4-8-22(10-9-21)17(23)19-14-12-25-11-13(14)2/h5-6,11-12H,3-4,7-10H2,1-2H3,(H,19,23). The van der Waals surface area contributed by atoms with Gasteiger partial charge in [0.05, 0.1) is 12.3 Å². The molecule has 0 spiro atoms. The summed E-state index contributed by atoms with van der Waals surface area (Å²) in [5, 5.41) is 6.99. The molecule has 25 heavy (non-hydrogen) atoms.